The Labute approximate surface area is 128 Å². The molecule has 1 aliphatic rings. The summed E-state index contributed by atoms with van der Waals surface area (Å²) in [7, 11) is 0. The zero-order valence-corrected chi connectivity index (χ0v) is 13.4. The summed E-state index contributed by atoms with van der Waals surface area (Å²) < 4.78 is 6.59. The minimum atomic E-state index is -0.299. The average Bonchev–Trinajstić information content (AvgIpc) is 2.77. The molecule has 2 heterocycles. The number of amides is 1. The minimum absolute atomic E-state index is 0.0152. The lowest BCUT2D eigenvalue weighted by Gasteiger charge is -2.41. The lowest BCUT2D eigenvalue weighted by molar-refractivity contribution is -0.0368. The molecule has 0 atom stereocenters. The van der Waals surface area contributed by atoms with E-state index in [9.17, 15) is 4.79 Å². The van der Waals surface area contributed by atoms with Crippen LogP contribution >= 0.6 is 11.3 Å². The van der Waals surface area contributed by atoms with Gasteiger partial charge in [-0.15, -0.1) is 11.3 Å². The quantitative estimate of drug-likeness (QED) is 0.881. The van der Waals surface area contributed by atoms with Crippen molar-refractivity contribution in [2.24, 2.45) is 0 Å². The second-order valence-electron chi connectivity index (χ2n) is 6.12. The van der Waals surface area contributed by atoms with Crippen LogP contribution in [0.1, 0.15) is 29.1 Å². The van der Waals surface area contributed by atoms with Crippen molar-refractivity contribution in [1.29, 1.82) is 0 Å². The molecule has 4 nitrogen and oxygen atoms in total. The third-order valence-electron chi connectivity index (χ3n) is 4.04. The number of nitrogen functional groups attached to an aromatic ring is 1. The summed E-state index contributed by atoms with van der Waals surface area (Å²) in [4.78, 5) is 15.4. The van der Waals surface area contributed by atoms with Gasteiger partial charge < -0.3 is 15.4 Å². The van der Waals surface area contributed by atoms with Gasteiger partial charge in [0, 0.05) is 16.6 Å². The van der Waals surface area contributed by atoms with Crippen LogP contribution in [0.4, 0.5) is 5.69 Å². The number of thiophene rings is 1. The zero-order valence-electron chi connectivity index (χ0n) is 12.6. The Bertz CT molecular complexity index is 706. The monoisotopic (exact) mass is 304 g/mol. The number of aryl methyl sites for hydroxylation is 1. The van der Waals surface area contributed by atoms with Crippen LogP contribution in [-0.4, -0.2) is 36.1 Å². The molecule has 1 aromatic carbocycles. The topological polar surface area (TPSA) is 55.6 Å². The standard InChI is InChI=1S/C16H20N2O2S/c1-10-5-4-6-11-12(17)14(21-13(10)11)15(19)18-7-8-20-9-16(18,2)3/h4-6H,7-9,17H2,1-3H3. The Morgan fingerprint density at radius 1 is 1.43 bits per heavy atom. The molecular weight excluding hydrogens is 284 g/mol. The van der Waals surface area contributed by atoms with E-state index in [1.807, 2.05) is 43.9 Å². The fourth-order valence-electron chi connectivity index (χ4n) is 2.80. The molecule has 3 rings (SSSR count). The second-order valence-corrected chi connectivity index (χ2v) is 7.14. The zero-order chi connectivity index (χ0) is 15.2. The normalized spacial score (nSPS) is 18.1. The number of carbonyl (C=O) groups excluding carboxylic acids is 1. The number of anilines is 1. The first-order chi connectivity index (χ1) is 9.92. The van der Waals surface area contributed by atoms with Crippen LogP contribution < -0.4 is 5.73 Å². The van der Waals surface area contributed by atoms with Gasteiger partial charge in [0.1, 0.15) is 4.88 Å². The predicted octanol–water partition coefficient (Wildman–Crippen LogP) is 3.04. The SMILES string of the molecule is Cc1cccc2c(N)c(C(=O)N3CCOCC3(C)C)sc12. The maximum absolute atomic E-state index is 12.9. The van der Waals surface area contributed by atoms with Gasteiger partial charge in [0.05, 0.1) is 24.4 Å². The van der Waals surface area contributed by atoms with Crippen molar-refractivity contribution in [2.75, 3.05) is 25.5 Å². The second kappa shape index (κ2) is 5.00. The van der Waals surface area contributed by atoms with Gasteiger partial charge in [-0.1, -0.05) is 18.2 Å². The Balaban J connectivity index is 2.06. The molecule has 5 heteroatoms. The molecule has 2 N–H and O–H groups in total. The summed E-state index contributed by atoms with van der Waals surface area (Å²) in [5.41, 5.74) is 7.70. The molecule has 1 saturated heterocycles. The molecule has 0 bridgehead atoms. The van der Waals surface area contributed by atoms with Gasteiger partial charge in [0.15, 0.2) is 0 Å². The number of ether oxygens (including phenoxy) is 1. The number of hydrogen-bond acceptors (Lipinski definition) is 4. The summed E-state index contributed by atoms with van der Waals surface area (Å²) in [6.07, 6.45) is 0. The van der Waals surface area contributed by atoms with E-state index in [-0.39, 0.29) is 11.4 Å². The summed E-state index contributed by atoms with van der Waals surface area (Å²) in [5, 5.41) is 0.981. The molecule has 21 heavy (non-hydrogen) atoms. The van der Waals surface area contributed by atoms with Crippen LogP contribution in [0.25, 0.3) is 10.1 Å². The first kappa shape index (κ1) is 14.4. The molecule has 0 saturated carbocycles. The number of fused-ring (bicyclic) bond motifs is 1. The van der Waals surface area contributed by atoms with Crippen molar-refractivity contribution in [3.05, 3.63) is 28.6 Å². The highest BCUT2D eigenvalue weighted by atomic mass is 32.1. The van der Waals surface area contributed by atoms with E-state index in [4.69, 9.17) is 10.5 Å². The lowest BCUT2D eigenvalue weighted by Crippen LogP contribution is -2.55. The average molecular weight is 304 g/mol. The summed E-state index contributed by atoms with van der Waals surface area (Å²) in [6, 6.07) is 6.01. The van der Waals surface area contributed by atoms with Gasteiger partial charge in [0.25, 0.3) is 5.91 Å². The predicted molar refractivity (Wildman–Crippen MR) is 86.9 cm³/mol. The van der Waals surface area contributed by atoms with Crippen molar-refractivity contribution in [3.8, 4) is 0 Å². The Morgan fingerprint density at radius 2 is 2.19 bits per heavy atom. The van der Waals surface area contributed by atoms with Crippen LogP contribution in [0.2, 0.25) is 0 Å². The number of benzene rings is 1. The first-order valence-electron chi connectivity index (χ1n) is 7.09. The molecule has 1 amide bonds. The first-order valence-corrected chi connectivity index (χ1v) is 7.91. The molecule has 1 fully saturated rings. The van der Waals surface area contributed by atoms with Gasteiger partial charge in [-0.3, -0.25) is 4.79 Å². The molecule has 1 aliphatic heterocycles. The van der Waals surface area contributed by atoms with Crippen LogP contribution in [0.5, 0.6) is 0 Å². The summed E-state index contributed by atoms with van der Waals surface area (Å²) in [5.74, 6) is 0.0152. The summed E-state index contributed by atoms with van der Waals surface area (Å²) in [6.45, 7) is 7.85. The van der Waals surface area contributed by atoms with Crippen LogP contribution in [0.3, 0.4) is 0 Å². The van der Waals surface area contributed by atoms with E-state index in [1.165, 1.54) is 11.3 Å². The highest BCUT2D eigenvalue weighted by molar-refractivity contribution is 7.21. The van der Waals surface area contributed by atoms with Crippen LogP contribution in [-0.2, 0) is 4.74 Å². The fourth-order valence-corrected chi connectivity index (χ4v) is 3.93. The van der Waals surface area contributed by atoms with Crippen molar-refractivity contribution in [3.63, 3.8) is 0 Å². The number of nitrogens with two attached hydrogens (primary N) is 1. The Kier molecular flexibility index (Phi) is 3.42. The van der Waals surface area contributed by atoms with Crippen molar-refractivity contribution in [1.82, 2.24) is 4.90 Å². The highest BCUT2D eigenvalue weighted by Crippen LogP contribution is 2.37. The van der Waals surface area contributed by atoms with E-state index >= 15 is 0 Å². The number of hydrogen-bond donors (Lipinski definition) is 1. The highest BCUT2D eigenvalue weighted by Gasteiger charge is 2.36. The van der Waals surface area contributed by atoms with Crippen LogP contribution in [0.15, 0.2) is 18.2 Å². The number of rotatable bonds is 1. The van der Waals surface area contributed by atoms with E-state index in [0.717, 1.165) is 15.6 Å². The van der Waals surface area contributed by atoms with Gasteiger partial charge in [0.2, 0.25) is 0 Å². The minimum Gasteiger partial charge on any atom is -0.397 e. The van der Waals surface area contributed by atoms with Gasteiger partial charge in [-0.05, 0) is 26.3 Å². The fraction of sp³-hybridized carbons (Fsp3) is 0.438. The number of carbonyl (C=O) groups is 1. The Hall–Kier alpha value is -1.59. The lowest BCUT2D eigenvalue weighted by atomic mass is 10.0. The van der Waals surface area contributed by atoms with E-state index in [2.05, 4.69) is 0 Å². The summed E-state index contributed by atoms with van der Waals surface area (Å²) >= 11 is 1.50. The molecule has 2 aromatic rings. The Morgan fingerprint density at radius 3 is 2.86 bits per heavy atom. The maximum Gasteiger partial charge on any atom is 0.266 e. The molecule has 0 unspecified atom stereocenters. The van der Waals surface area contributed by atoms with Crippen molar-refractivity contribution in [2.45, 2.75) is 26.3 Å². The number of morpholine rings is 1. The largest absolute Gasteiger partial charge is 0.397 e. The molecular formula is C16H20N2O2S. The van der Waals surface area contributed by atoms with Crippen LogP contribution in [0, 0.1) is 6.92 Å². The third-order valence-corrected chi connectivity index (χ3v) is 5.38. The molecule has 0 spiro atoms. The molecule has 1 aromatic heterocycles. The molecule has 112 valence electrons. The van der Waals surface area contributed by atoms with E-state index < -0.39 is 0 Å². The van der Waals surface area contributed by atoms with Gasteiger partial charge >= 0.3 is 0 Å². The van der Waals surface area contributed by atoms with E-state index in [0.29, 0.717) is 30.3 Å². The van der Waals surface area contributed by atoms with Crippen molar-refractivity contribution >= 4 is 33.0 Å². The third kappa shape index (κ3) is 2.30. The van der Waals surface area contributed by atoms with Gasteiger partial charge in [-0.2, -0.15) is 0 Å². The smallest absolute Gasteiger partial charge is 0.266 e. The molecule has 0 radical (unpaired) electrons. The van der Waals surface area contributed by atoms with Crippen molar-refractivity contribution < 1.29 is 9.53 Å². The van der Waals surface area contributed by atoms with E-state index in [1.54, 1.807) is 0 Å². The maximum atomic E-state index is 12.9. The number of nitrogens with zero attached hydrogens (tertiary/aromatic N) is 1. The molecule has 0 aliphatic carbocycles. The van der Waals surface area contributed by atoms with Gasteiger partial charge in [-0.25, -0.2) is 0 Å².